The normalized spacial score (nSPS) is 12.9. The molecule has 1 aromatic heterocycles. The number of hydrogen-bond donors (Lipinski definition) is 3. The predicted octanol–water partition coefficient (Wildman–Crippen LogP) is 5.74. The second kappa shape index (κ2) is 12.3. The number of methoxy groups -OCH3 is 1. The van der Waals surface area contributed by atoms with Crippen LogP contribution in [0.3, 0.4) is 0 Å². The molecule has 40 heavy (non-hydrogen) atoms. The summed E-state index contributed by atoms with van der Waals surface area (Å²) < 4.78 is 25.6. The summed E-state index contributed by atoms with van der Waals surface area (Å²) in [6, 6.07) is 19.8. The highest BCUT2D eigenvalue weighted by Gasteiger charge is 2.18. The van der Waals surface area contributed by atoms with Crippen LogP contribution in [0, 0.1) is 5.82 Å². The lowest BCUT2D eigenvalue weighted by atomic mass is 10.1. The molecule has 9 nitrogen and oxygen atoms in total. The molecule has 5 rings (SSSR count). The Kier molecular flexibility index (Phi) is 8.17. The third-order valence-electron chi connectivity index (χ3n) is 6.31. The van der Waals surface area contributed by atoms with Crippen LogP contribution in [0.15, 0.2) is 85.6 Å². The number of anilines is 6. The molecule has 0 atom stereocenters. The largest absolute Gasteiger partial charge is 0.495 e. The van der Waals surface area contributed by atoms with Crippen LogP contribution >= 0.6 is 0 Å². The molecule has 1 aliphatic rings. The Bertz CT molecular complexity index is 1510. The van der Waals surface area contributed by atoms with Crippen LogP contribution in [0.25, 0.3) is 11.3 Å². The van der Waals surface area contributed by atoms with E-state index in [-0.39, 0.29) is 5.69 Å². The van der Waals surface area contributed by atoms with Gasteiger partial charge in [0.2, 0.25) is 11.9 Å². The zero-order chi connectivity index (χ0) is 27.9. The zero-order valence-corrected chi connectivity index (χ0v) is 22.0. The zero-order valence-electron chi connectivity index (χ0n) is 22.0. The molecule has 1 fully saturated rings. The second-order valence-electron chi connectivity index (χ2n) is 8.95. The van der Waals surface area contributed by atoms with Crippen molar-refractivity contribution in [3.63, 3.8) is 0 Å². The molecule has 1 saturated heterocycles. The third-order valence-corrected chi connectivity index (χ3v) is 6.31. The molecular weight excluding hydrogens is 511 g/mol. The lowest BCUT2D eigenvalue weighted by Gasteiger charge is -2.30. The third kappa shape index (κ3) is 6.19. The van der Waals surface area contributed by atoms with Crippen molar-refractivity contribution in [2.45, 2.75) is 0 Å². The number of benzene rings is 3. The second-order valence-corrected chi connectivity index (χ2v) is 8.95. The molecule has 1 amide bonds. The van der Waals surface area contributed by atoms with Gasteiger partial charge in [0, 0.05) is 30.0 Å². The van der Waals surface area contributed by atoms with Crippen molar-refractivity contribution >= 4 is 40.3 Å². The summed E-state index contributed by atoms with van der Waals surface area (Å²) in [6.07, 6.45) is 2.75. The lowest BCUT2D eigenvalue weighted by molar-refractivity contribution is -0.111. The van der Waals surface area contributed by atoms with Crippen molar-refractivity contribution in [2.75, 3.05) is 54.3 Å². The lowest BCUT2D eigenvalue weighted by Crippen LogP contribution is -2.36. The molecule has 10 heteroatoms. The maximum Gasteiger partial charge on any atom is 0.247 e. The average molecular weight is 541 g/mol. The van der Waals surface area contributed by atoms with Gasteiger partial charge in [-0.25, -0.2) is 14.4 Å². The molecule has 2 heterocycles. The number of ether oxygens (including phenoxy) is 2. The first kappa shape index (κ1) is 26.6. The summed E-state index contributed by atoms with van der Waals surface area (Å²) in [7, 11) is 1.65. The fourth-order valence-electron chi connectivity index (χ4n) is 4.33. The highest BCUT2D eigenvalue weighted by Crippen LogP contribution is 2.35. The minimum absolute atomic E-state index is 0.0199. The van der Waals surface area contributed by atoms with Crippen LogP contribution in [0.5, 0.6) is 5.75 Å². The Morgan fingerprint density at radius 3 is 2.58 bits per heavy atom. The van der Waals surface area contributed by atoms with Gasteiger partial charge in [0.15, 0.2) is 0 Å². The van der Waals surface area contributed by atoms with Crippen molar-refractivity contribution in [1.29, 1.82) is 0 Å². The number of amides is 1. The molecule has 1 aliphatic heterocycles. The topological polar surface area (TPSA) is 101 Å². The van der Waals surface area contributed by atoms with Gasteiger partial charge < -0.3 is 30.3 Å². The van der Waals surface area contributed by atoms with Crippen molar-refractivity contribution < 1.29 is 18.7 Å². The fourth-order valence-corrected chi connectivity index (χ4v) is 4.33. The van der Waals surface area contributed by atoms with Gasteiger partial charge in [-0.05, 0) is 54.6 Å². The molecule has 0 unspecified atom stereocenters. The van der Waals surface area contributed by atoms with Crippen molar-refractivity contribution in [1.82, 2.24) is 9.97 Å². The Morgan fingerprint density at radius 1 is 1.02 bits per heavy atom. The van der Waals surface area contributed by atoms with Gasteiger partial charge in [-0.15, -0.1) is 0 Å². The van der Waals surface area contributed by atoms with Crippen LogP contribution in [-0.2, 0) is 9.53 Å². The maximum atomic E-state index is 14.5. The van der Waals surface area contributed by atoms with Gasteiger partial charge in [-0.2, -0.15) is 0 Å². The molecule has 3 N–H and O–H groups in total. The first-order chi connectivity index (χ1) is 19.5. The molecule has 0 radical (unpaired) electrons. The standard InChI is InChI=1S/C30H29FN6O3/c1-3-28(38)35-24-17-20(9-11-23(24)31)29-25(33-21-7-5-4-6-8-21)19-32-30(36-29)34-22-10-12-27(39-2)26(18-22)37-13-15-40-16-14-37/h3-12,17-19,33H,1,13-16H2,2H3,(H,35,38)(H,32,34,36). The summed E-state index contributed by atoms with van der Waals surface area (Å²) in [4.78, 5) is 23.4. The van der Waals surface area contributed by atoms with E-state index in [0.717, 1.165) is 42.0 Å². The van der Waals surface area contributed by atoms with Gasteiger partial charge >= 0.3 is 0 Å². The molecule has 4 aromatic rings. The molecule has 0 spiro atoms. The predicted molar refractivity (Wildman–Crippen MR) is 155 cm³/mol. The number of nitrogens with zero attached hydrogens (tertiary/aromatic N) is 3. The molecule has 3 aromatic carbocycles. The molecule has 0 bridgehead atoms. The van der Waals surface area contributed by atoms with E-state index in [4.69, 9.17) is 14.5 Å². The average Bonchev–Trinajstić information content (AvgIpc) is 3.00. The minimum Gasteiger partial charge on any atom is -0.495 e. The van der Waals surface area contributed by atoms with Gasteiger partial charge in [-0.1, -0.05) is 24.8 Å². The summed E-state index contributed by atoms with van der Waals surface area (Å²) >= 11 is 0. The number of aromatic nitrogens is 2. The number of nitrogens with one attached hydrogen (secondary N) is 3. The van der Waals surface area contributed by atoms with Crippen LogP contribution in [0.2, 0.25) is 0 Å². The van der Waals surface area contributed by atoms with Gasteiger partial charge in [0.05, 0.1) is 49.3 Å². The molecular formula is C30H29FN6O3. The Labute approximate surface area is 231 Å². The van der Waals surface area contributed by atoms with E-state index in [1.54, 1.807) is 19.4 Å². The SMILES string of the molecule is C=CC(=O)Nc1cc(-c2nc(Nc3ccc(OC)c(N4CCOCC4)c3)ncc2Nc2ccccc2)ccc1F. The van der Waals surface area contributed by atoms with Crippen LogP contribution in [0.4, 0.5) is 38.8 Å². The Hall–Kier alpha value is -4.96. The van der Waals surface area contributed by atoms with Crippen LogP contribution in [-0.4, -0.2) is 49.3 Å². The number of morpholine rings is 1. The smallest absolute Gasteiger partial charge is 0.247 e. The number of para-hydroxylation sites is 1. The Balaban J connectivity index is 1.51. The van der Waals surface area contributed by atoms with Gasteiger partial charge in [0.25, 0.3) is 0 Å². The van der Waals surface area contributed by atoms with E-state index in [2.05, 4.69) is 32.4 Å². The van der Waals surface area contributed by atoms with E-state index >= 15 is 0 Å². The van der Waals surface area contributed by atoms with Crippen LogP contribution < -0.4 is 25.6 Å². The van der Waals surface area contributed by atoms with E-state index in [1.165, 1.54) is 12.1 Å². The summed E-state index contributed by atoms with van der Waals surface area (Å²) in [5.74, 6) is 0.0155. The molecule has 0 aliphatic carbocycles. The van der Waals surface area contributed by atoms with E-state index < -0.39 is 11.7 Å². The van der Waals surface area contributed by atoms with E-state index in [9.17, 15) is 9.18 Å². The van der Waals surface area contributed by atoms with Crippen molar-refractivity contribution in [2.24, 2.45) is 0 Å². The van der Waals surface area contributed by atoms with Gasteiger partial charge in [-0.3, -0.25) is 4.79 Å². The van der Waals surface area contributed by atoms with Gasteiger partial charge in [0.1, 0.15) is 11.6 Å². The number of carbonyl (C=O) groups is 1. The molecule has 204 valence electrons. The van der Waals surface area contributed by atoms with Crippen molar-refractivity contribution in [3.8, 4) is 17.0 Å². The number of hydrogen-bond acceptors (Lipinski definition) is 8. The summed E-state index contributed by atoms with van der Waals surface area (Å²) in [5, 5.41) is 9.12. The number of rotatable bonds is 9. The maximum absolute atomic E-state index is 14.5. The summed E-state index contributed by atoms with van der Waals surface area (Å²) in [5.41, 5.74) is 4.26. The quantitative estimate of drug-likeness (QED) is 0.231. The van der Waals surface area contributed by atoms with E-state index in [0.29, 0.717) is 36.1 Å². The number of halogens is 1. The first-order valence-electron chi connectivity index (χ1n) is 12.7. The number of carbonyl (C=O) groups excluding carboxylic acids is 1. The fraction of sp³-hybridized carbons (Fsp3) is 0.167. The Morgan fingerprint density at radius 2 is 1.82 bits per heavy atom. The van der Waals surface area contributed by atoms with Crippen molar-refractivity contribution in [3.05, 3.63) is 91.4 Å². The van der Waals surface area contributed by atoms with E-state index in [1.807, 2.05) is 48.5 Å². The summed E-state index contributed by atoms with van der Waals surface area (Å²) in [6.45, 7) is 6.25. The minimum atomic E-state index is -0.571. The highest BCUT2D eigenvalue weighted by molar-refractivity contribution is 5.99. The highest BCUT2D eigenvalue weighted by atomic mass is 19.1. The molecule has 0 saturated carbocycles. The first-order valence-corrected chi connectivity index (χ1v) is 12.7. The monoisotopic (exact) mass is 540 g/mol. The van der Waals surface area contributed by atoms with Crippen LogP contribution in [0.1, 0.15) is 0 Å².